The molecule has 0 heterocycles. The van der Waals surface area contributed by atoms with Crippen LogP contribution in [0, 0.1) is 11.8 Å². The molecule has 0 spiro atoms. The Kier molecular flexibility index (Phi) is 3.69. The van der Waals surface area contributed by atoms with E-state index in [1.165, 1.54) is 0 Å². The smallest absolute Gasteiger partial charge is 0.223 e. The van der Waals surface area contributed by atoms with E-state index in [4.69, 9.17) is 11.6 Å². The second kappa shape index (κ2) is 5.07. The van der Waals surface area contributed by atoms with Gasteiger partial charge in [-0.15, -0.1) is 0 Å². The summed E-state index contributed by atoms with van der Waals surface area (Å²) in [6, 6.07) is 6.98. The molecule has 1 fully saturated rings. The normalized spacial score (nSPS) is 24.2. The number of carbonyl (C=O) groups is 1. The van der Waals surface area contributed by atoms with Gasteiger partial charge in [0.25, 0.3) is 0 Å². The molecule has 3 nitrogen and oxygen atoms in total. The van der Waals surface area contributed by atoms with E-state index in [0.29, 0.717) is 10.9 Å². The van der Waals surface area contributed by atoms with Gasteiger partial charge in [-0.25, -0.2) is 0 Å². The van der Waals surface area contributed by atoms with Gasteiger partial charge >= 0.3 is 0 Å². The molecule has 4 heteroatoms. The second-order valence-electron chi connectivity index (χ2n) is 4.63. The molecule has 1 aromatic rings. The van der Waals surface area contributed by atoms with Gasteiger partial charge in [0.15, 0.2) is 0 Å². The van der Waals surface area contributed by atoms with Gasteiger partial charge in [-0.05, 0) is 30.0 Å². The summed E-state index contributed by atoms with van der Waals surface area (Å²) in [4.78, 5) is 11.6. The molecule has 0 aromatic heterocycles. The number of halogens is 1. The largest absolute Gasteiger partial charge is 0.387 e. The maximum atomic E-state index is 11.6. The molecule has 1 saturated carbocycles. The Morgan fingerprint density at radius 2 is 2.12 bits per heavy atom. The summed E-state index contributed by atoms with van der Waals surface area (Å²) >= 11 is 5.76. The number of hydrogen-bond donors (Lipinski definition) is 2. The summed E-state index contributed by atoms with van der Waals surface area (Å²) in [5.41, 5.74) is 0.763. The van der Waals surface area contributed by atoms with Crippen LogP contribution in [0.3, 0.4) is 0 Å². The maximum absolute atomic E-state index is 11.6. The van der Waals surface area contributed by atoms with Crippen molar-refractivity contribution in [2.45, 2.75) is 19.4 Å². The minimum Gasteiger partial charge on any atom is -0.387 e. The van der Waals surface area contributed by atoms with E-state index in [1.807, 2.05) is 0 Å². The Hall–Kier alpha value is -1.06. The van der Waals surface area contributed by atoms with Crippen molar-refractivity contribution in [2.24, 2.45) is 11.8 Å². The molecule has 2 rings (SSSR count). The van der Waals surface area contributed by atoms with Crippen LogP contribution in [-0.4, -0.2) is 17.6 Å². The summed E-state index contributed by atoms with van der Waals surface area (Å²) in [5.74, 6) is 0.681. The van der Waals surface area contributed by atoms with Crippen LogP contribution < -0.4 is 5.32 Å². The molecule has 0 radical (unpaired) electrons. The lowest BCUT2D eigenvalue weighted by Crippen LogP contribution is -2.29. The van der Waals surface area contributed by atoms with Crippen molar-refractivity contribution in [3.8, 4) is 0 Å². The molecule has 1 aromatic carbocycles. The Morgan fingerprint density at radius 3 is 2.65 bits per heavy atom. The minimum atomic E-state index is -0.676. The fraction of sp³-hybridized carbons (Fsp3) is 0.462. The monoisotopic (exact) mass is 253 g/mol. The highest BCUT2D eigenvalue weighted by Gasteiger charge is 2.38. The van der Waals surface area contributed by atoms with E-state index in [-0.39, 0.29) is 18.4 Å². The molecule has 3 atom stereocenters. The van der Waals surface area contributed by atoms with E-state index < -0.39 is 6.10 Å². The summed E-state index contributed by atoms with van der Waals surface area (Å²) in [5, 5.41) is 13.3. The number of aliphatic hydroxyl groups excluding tert-OH is 1. The third kappa shape index (κ3) is 3.20. The molecule has 1 amide bonds. The molecule has 2 N–H and O–H groups in total. The molecule has 1 aliphatic rings. The van der Waals surface area contributed by atoms with Crippen molar-refractivity contribution in [1.29, 1.82) is 0 Å². The summed E-state index contributed by atoms with van der Waals surface area (Å²) in [7, 11) is 0. The van der Waals surface area contributed by atoms with Crippen LogP contribution in [0.15, 0.2) is 24.3 Å². The molecule has 1 aliphatic carbocycles. The highest BCUT2D eigenvalue weighted by atomic mass is 35.5. The Balaban J connectivity index is 1.82. The first-order valence-electron chi connectivity index (χ1n) is 5.79. The molecule has 0 saturated heterocycles. The van der Waals surface area contributed by atoms with Crippen LogP contribution in [0.2, 0.25) is 5.02 Å². The fourth-order valence-corrected chi connectivity index (χ4v) is 1.94. The molecule has 3 unspecified atom stereocenters. The second-order valence-corrected chi connectivity index (χ2v) is 5.07. The van der Waals surface area contributed by atoms with Crippen LogP contribution in [0.4, 0.5) is 0 Å². The van der Waals surface area contributed by atoms with Gasteiger partial charge in [0.05, 0.1) is 6.10 Å². The van der Waals surface area contributed by atoms with Crippen molar-refractivity contribution in [3.63, 3.8) is 0 Å². The summed E-state index contributed by atoms with van der Waals surface area (Å²) < 4.78 is 0. The third-order valence-electron chi connectivity index (χ3n) is 3.17. The Morgan fingerprint density at radius 1 is 1.53 bits per heavy atom. The van der Waals surface area contributed by atoms with Crippen LogP contribution >= 0.6 is 11.6 Å². The molecular weight excluding hydrogens is 238 g/mol. The number of amides is 1. The zero-order chi connectivity index (χ0) is 12.4. The maximum Gasteiger partial charge on any atom is 0.223 e. The fourth-order valence-electron chi connectivity index (χ4n) is 1.82. The molecule has 0 bridgehead atoms. The van der Waals surface area contributed by atoms with E-state index >= 15 is 0 Å². The van der Waals surface area contributed by atoms with E-state index in [2.05, 4.69) is 12.2 Å². The van der Waals surface area contributed by atoms with Gasteiger partial charge < -0.3 is 10.4 Å². The van der Waals surface area contributed by atoms with Gasteiger partial charge in [-0.1, -0.05) is 30.7 Å². The standard InChI is InChI=1S/C13H16ClNO2/c1-8-6-11(8)13(17)15-7-12(16)9-2-4-10(14)5-3-9/h2-5,8,11-12,16H,6-7H2,1H3,(H,15,17). The predicted octanol–water partition coefficient (Wildman–Crippen LogP) is 2.15. The Bertz CT molecular complexity index is 404. The highest BCUT2D eigenvalue weighted by molar-refractivity contribution is 6.30. The third-order valence-corrected chi connectivity index (χ3v) is 3.42. The van der Waals surface area contributed by atoms with Crippen LogP contribution in [0.25, 0.3) is 0 Å². The number of carbonyl (C=O) groups excluding carboxylic acids is 1. The van der Waals surface area contributed by atoms with Gasteiger partial charge in [-0.3, -0.25) is 4.79 Å². The van der Waals surface area contributed by atoms with Gasteiger partial charge in [0.1, 0.15) is 0 Å². The van der Waals surface area contributed by atoms with Gasteiger partial charge in [0, 0.05) is 17.5 Å². The minimum absolute atomic E-state index is 0.0468. The van der Waals surface area contributed by atoms with Crippen molar-refractivity contribution in [3.05, 3.63) is 34.9 Å². The van der Waals surface area contributed by atoms with E-state index in [1.54, 1.807) is 24.3 Å². The first-order valence-corrected chi connectivity index (χ1v) is 6.17. The highest BCUT2D eigenvalue weighted by Crippen LogP contribution is 2.37. The number of rotatable bonds is 4. The lowest BCUT2D eigenvalue weighted by atomic mass is 10.1. The lowest BCUT2D eigenvalue weighted by Gasteiger charge is -2.12. The first kappa shape index (κ1) is 12.4. The SMILES string of the molecule is CC1CC1C(=O)NCC(O)c1ccc(Cl)cc1. The van der Waals surface area contributed by atoms with Crippen molar-refractivity contribution in [1.82, 2.24) is 5.32 Å². The zero-order valence-corrected chi connectivity index (χ0v) is 10.4. The van der Waals surface area contributed by atoms with Crippen molar-refractivity contribution in [2.75, 3.05) is 6.54 Å². The van der Waals surface area contributed by atoms with Crippen molar-refractivity contribution >= 4 is 17.5 Å². The number of benzene rings is 1. The molecule has 17 heavy (non-hydrogen) atoms. The zero-order valence-electron chi connectivity index (χ0n) is 9.69. The summed E-state index contributed by atoms with van der Waals surface area (Å²) in [6.45, 7) is 2.31. The summed E-state index contributed by atoms with van der Waals surface area (Å²) in [6.07, 6.45) is 0.286. The number of nitrogens with one attached hydrogen (secondary N) is 1. The van der Waals surface area contributed by atoms with Gasteiger partial charge in [-0.2, -0.15) is 0 Å². The lowest BCUT2D eigenvalue weighted by molar-refractivity contribution is -0.123. The average molecular weight is 254 g/mol. The topological polar surface area (TPSA) is 49.3 Å². The molecule has 92 valence electrons. The first-order chi connectivity index (χ1) is 8.08. The predicted molar refractivity (Wildman–Crippen MR) is 66.7 cm³/mol. The molecule has 0 aliphatic heterocycles. The van der Waals surface area contributed by atoms with E-state index in [9.17, 15) is 9.90 Å². The average Bonchev–Trinajstić information content (AvgIpc) is 3.04. The quantitative estimate of drug-likeness (QED) is 0.864. The van der Waals surface area contributed by atoms with Crippen LogP contribution in [0.1, 0.15) is 25.0 Å². The van der Waals surface area contributed by atoms with Crippen LogP contribution in [0.5, 0.6) is 0 Å². The van der Waals surface area contributed by atoms with Gasteiger partial charge in [0.2, 0.25) is 5.91 Å². The van der Waals surface area contributed by atoms with E-state index in [0.717, 1.165) is 12.0 Å². The van der Waals surface area contributed by atoms with Crippen LogP contribution in [-0.2, 0) is 4.79 Å². The number of aliphatic hydroxyl groups is 1. The molecular formula is C13H16ClNO2. The number of hydrogen-bond acceptors (Lipinski definition) is 2. The van der Waals surface area contributed by atoms with Crippen molar-refractivity contribution < 1.29 is 9.90 Å². The Labute approximate surface area is 106 Å².